The normalized spacial score (nSPS) is 10.1. The number of anilines is 1. The molecule has 92 valence electrons. The summed E-state index contributed by atoms with van der Waals surface area (Å²) in [6.45, 7) is 0. The van der Waals surface area contributed by atoms with Crippen LogP contribution in [0.5, 0.6) is 0 Å². The minimum atomic E-state index is -0.404. The van der Waals surface area contributed by atoms with Gasteiger partial charge in [-0.05, 0) is 18.4 Å². The van der Waals surface area contributed by atoms with Gasteiger partial charge in [-0.2, -0.15) is 0 Å². The topological polar surface area (TPSA) is 62.0 Å². The number of carbonyl (C=O) groups is 1. The highest BCUT2D eigenvalue weighted by molar-refractivity contribution is 7.98. The fourth-order valence-corrected chi connectivity index (χ4v) is 2.08. The molecule has 1 aromatic heterocycles. The number of para-hydroxylation sites is 1. The first-order valence-electron chi connectivity index (χ1n) is 5.34. The van der Waals surface area contributed by atoms with Gasteiger partial charge in [0.15, 0.2) is 5.43 Å². The van der Waals surface area contributed by atoms with Crippen LogP contribution in [0.3, 0.4) is 0 Å². The SMILES string of the molecule is CSc1ccccc1NC(=O)c1c[nH]ccc1=O. The van der Waals surface area contributed by atoms with Gasteiger partial charge >= 0.3 is 0 Å². The molecule has 1 heterocycles. The average molecular weight is 260 g/mol. The van der Waals surface area contributed by atoms with Crippen molar-refractivity contribution in [3.05, 3.63) is 58.5 Å². The van der Waals surface area contributed by atoms with E-state index in [1.807, 2.05) is 24.5 Å². The highest BCUT2D eigenvalue weighted by atomic mass is 32.2. The number of H-pyrrole nitrogens is 1. The smallest absolute Gasteiger partial charge is 0.261 e. The number of nitrogens with one attached hydrogen (secondary N) is 2. The molecule has 0 saturated heterocycles. The Morgan fingerprint density at radius 2 is 2.06 bits per heavy atom. The first-order chi connectivity index (χ1) is 8.72. The Hall–Kier alpha value is -2.01. The molecular weight excluding hydrogens is 248 g/mol. The van der Waals surface area contributed by atoms with Gasteiger partial charge in [0.05, 0.1) is 5.69 Å². The van der Waals surface area contributed by atoms with E-state index in [2.05, 4.69) is 10.3 Å². The third-order valence-corrected chi connectivity index (χ3v) is 3.22. The van der Waals surface area contributed by atoms with E-state index < -0.39 is 5.91 Å². The lowest BCUT2D eigenvalue weighted by molar-refractivity contribution is 0.102. The Bertz CT molecular complexity index is 622. The first kappa shape index (κ1) is 12.4. The fourth-order valence-electron chi connectivity index (χ4n) is 1.53. The van der Waals surface area contributed by atoms with Crippen LogP contribution in [-0.4, -0.2) is 17.1 Å². The van der Waals surface area contributed by atoms with Gasteiger partial charge in [0.1, 0.15) is 5.56 Å². The van der Waals surface area contributed by atoms with Crippen LogP contribution >= 0.6 is 11.8 Å². The van der Waals surface area contributed by atoms with Crippen molar-refractivity contribution in [2.75, 3.05) is 11.6 Å². The molecule has 1 aromatic carbocycles. The van der Waals surface area contributed by atoms with Gasteiger partial charge in [0.2, 0.25) is 0 Å². The van der Waals surface area contributed by atoms with E-state index >= 15 is 0 Å². The predicted molar refractivity (Wildman–Crippen MR) is 73.2 cm³/mol. The minimum absolute atomic E-state index is 0.105. The van der Waals surface area contributed by atoms with E-state index in [0.29, 0.717) is 5.69 Å². The average Bonchev–Trinajstić information content (AvgIpc) is 2.39. The molecule has 2 rings (SSSR count). The molecule has 5 heteroatoms. The van der Waals surface area contributed by atoms with Gasteiger partial charge in [-0.25, -0.2) is 0 Å². The highest BCUT2D eigenvalue weighted by Crippen LogP contribution is 2.24. The summed E-state index contributed by atoms with van der Waals surface area (Å²) in [5.74, 6) is -0.404. The summed E-state index contributed by atoms with van der Waals surface area (Å²) in [5.41, 5.74) is 0.513. The van der Waals surface area contributed by atoms with E-state index in [0.717, 1.165) is 4.90 Å². The van der Waals surface area contributed by atoms with Crippen LogP contribution in [0, 0.1) is 0 Å². The fraction of sp³-hybridized carbons (Fsp3) is 0.0769. The number of hydrogen-bond acceptors (Lipinski definition) is 3. The Kier molecular flexibility index (Phi) is 3.84. The summed E-state index contributed by atoms with van der Waals surface area (Å²) < 4.78 is 0. The molecule has 0 spiro atoms. The quantitative estimate of drug-likeness (QED) is 0.833. The zero-order valence-corrected chi connectivity index (χ0v) is 10.6. The van der Waals surface area contributed by atoms with Crippen molar-refractivity contribution in [2.45, 2.75) is 4.90 Å². The molecule has 0 unspecified atom stereocenters. The Morgan fingerprint density at radius 3 is 2.78 bits per heavy atom. The lowest BCUT2D eigenvalue weighted by Gasteiger charge is -2.08. The Balaban J connectivity index is 2.27. The lowest BCUT2D eigenvalue weighted by Crippen LogP contribution is -2.21. The molecule has 0 aliphatic carbocycles. The maximum atomic E-state index is 12.0. The maximum Gasteiger partial charge on any atom is 0.261 e. The molecule has 0 aliphatic rings. The number of rotatable bonds is 3. The van der Waals surface area contributed by atoms with Crippen molar-refractivity contribution in [3.8, 4) is 0 Å². The van der Waals surface area contributed by atoms with Gasteiger partial charge < -0.3 is 10.3 Å². The van der Waals surface area contributed by atoms with Gasteiger partial charge in [-0.3, -0.25) is 9.59 Å². The van der Waals surface area contributed by atoms with Crippen molar-refractivity contribution < 1.29 is 4.79 Å². The van der Waals surface area contributed by atoms with Gasteiger partial charge in [-0.1, -0.05) is 12.1 Å². The zero-order chi connectivity index (χ0) is 13.0. The second kappa shape index (κ2) is 5.55. The predicted octanol–water partition coefficient (Wildman–Crippen LogP) is 2.35. The number of benzene rings is 1. The van der Waals surface area contributed by atoms with Crippen molar-refractivity contribution in [1.29, 1.82) is 0 Å². The summed E-state index contributed by atoms with van der Waals surface area (Å²) in [6.07, 6.45) is 4.83. The lowest BCUT2D eigenvalue weighted by atomic mass is 10.2. The van der Waals surface area contributed by atoms with E-state index in [9.17, 15) is 9.59 Å². The monoisotopic (exact) mass is 260 g/mol. The molecule has 0 radical (unpaired) electrons. The molecule has 1 amide bonds. The summed E-state index contributed by atoms with van der Waals surface area (Å²) >= 11 is 1.54. The van der Waals surface area contributed by atoms with Gasteiger partial charge in [-0.15, -0.1) is 11.8 Å². The van der Waals surface area contributed by atoms with E-state index in [1.165, 1.54) is 30.2 Å². The van der Waals surface area contributed by atoms with Gasteiger partial charge in [0, 0.05) is 23.4 Å². The standard InChI is InChI=1S/C13H12N2O2S/c1-18-12-5-3-2-4-10(12)15-13(17)9-8-14-7-6-11(9)16/h2-8H,1H3,(H,14,16)(H,15,17). The van der Waals surface area contributed by atoms with Crippen LogP contribution in [0.4, 0.5) is 5.69 Å². The Labute approximate surface area is 108 Å². The number of carbonyl (C=O) groups excluding carboxylic acids is 1. The molecule has 4 nitrogen and oxygen atoms in total. The molecule has 0 aliphatic heterocycles. The molecule has 0 bridgehead atoms. The number of hydrogen-bond donors (Lipinski definition) is 2. The second-order valence-electron chi connectivity index (χ2n) is 3.58. The summed E-state index contributed by atoms with van der Waals surface area (Å²) in [4.78, 5) is 27.2. The molecule has 0 fully saturated rings. The molecule has 0 atom stereocenters. The molecule has 0 saturated carbocycles. The highest BCUT2D eigenvalue weighted by Gasteiger charge is 2.11. The number of amides is 1. The summed E-state index contributed by atoms with van der Waals surface area (Å²) in [7, 11) is 0. The molecule has 2 N–H and O–H groups in total. The van der Waals surface area contributed by atoms with Crippen LogP contribution in [0.15, 0.2) is 52.4 Å². The van der Waals surface area contributed by atoms with Crippen LogP contribution < -0.4 is 10.7 Å². The van der Waals surface area contributed by atoms with Crippen molar-refractivity contribution in [3.63, 3.8) is 0 Å². The first-order valence-corrected chi connectivity index (χ1v) is 6.56. The van der Waals surface area contributed by atoms with Crippen molar-refractivity contribution in [2.24, 2.45) is 0 Å². The number of thioether (sulfide) groups is 1. The summed E-state index contributed by atoms with van der Waals surface area (Å²) in [6, 6.07) is 8.78. The zero-order valence-electron chi connectivity index (χ0n) is 9.77. The van der Waals surface area contributed by atoms with Crippen molar-refractivity contribution in [1.82, 2.24) is 4.98 Å². The van der Waals surface area contributed by atoms with E-state index in [4.69, 9.17) is 0 Å². The van der Waals surface area contributed by atoms with E-state index in [-0.39, 0.29) is 11.0 Å². The number of aromatic amines is 1. The Morgan fingerprint density at radius 1 is 1.28 bits per heavy atom. The summed E-state index contributed by atoms with van der Waals surface area (Å²) in [5, 5.41) is 2.74. The van der Waals surface area contributed by atoms with Crippen LogP contribution in [-0.2, 0) is 0 Å². The third-order valence-electron chi connectivity index (χ3n) is 2.42. The molecular formula is C13H12N2O2S. The minimum Gasteiger partial charge on any atom is -0.367 e. The van der Waals surface area contributed by atoms with Crippen molar-refractivity contribution >= 4 is 23.4 Å². The van der Waals surface area contributed by atoms with Gasteiger partial charge in [0.25, 0.3) is 5.91 Å². The van der Waals surface area contributed by atoms with Crippen LogP contribution in [0.25, 0.3) is 0 Å². The maximum absolute atomic E-state index is 12.0. The molecule has 2 aromatic rings. The third kappa shape index (κ3) is 2.62. The van der Waals surface area contributed by atoms with E-state index in [1.54, 1.807) is 6.07 Å². The largest absolute Gasteiger partial charge is 0.367 e. The second-order valence-corrected chi connectivity index (χ2v) is 4.42. The number of aromatic nitrogens is 1. The van der Waals surface area contributed by atoms with Crippen LogP contribution in [0.1, 0.15) is 10.4 Å². The van der Waals surface area contributed by atoms with Crippen LogP contribution in [0.2, 0.25) is 0 Å². The number of pyridine rings is 1. The molecule has 18 heavy (non-hydrogen) atoms.